The van der Waals surface area contributed by atoms with Gasteiger partial charge in [0.25, 0.3) is 10.0 Å². The fourth-order valence-electron chi connectivity index (χ4n) is 3.46. The first-order chi connectivity index (χ1) is 14.5. The predicted molar refractivity (Wildman–Crippen MR) is 114 cm³/mol. The molecule has 1 fully saturated rings. The molecule has 11 heteroatoms. The summed E-state index contributed by atoms with van der Waals surface area (Å²) in [5.41, 5.74) is 6.09. The normalized spacial score (nSPS) is 19.3. The second kappa shape index (κ2) is 9.15. The van der Waals surface area contributed by atoms with E-state index in [4.69, 9.17) is 10.5 Å². The number of ketones is 1. The smallest absolute Gasteiger partial charge is 0.292 e. The first-order valence-corrected chi connectivity index (χ1v) is 11.9. The third kappa shape index (κ3) is 5.67. The van der Waals surface area contributed by atoms with Crippen molar-refractivity contribution in [3.8, 4) is 5.75 Å². The Labute approximate surface area is 180 Å². The van der Waals surface area contributed by atoms with Gasteiger partial charge in [-0.15, -0.1) is 0 Å². The highest BCUT2D eigenvalue weighted by Gasteiger charge is 2.29. The van der Waals surface area contributed by atoms with Crippen molar-refractivity contribution in [3.63, 3.8) is 0 Å². The number of carbonyl (C=O) groups excluding carboxylic acids is 1. The summed E-state index contributed by atoms with van der Waals surface area (Å²) in [6.07, 6.45) is 3.59. The SMILES string of the molecule is CC(C)Oc1ccc(F)cc1C(=O)c1cnc(NC2CC[NH+](S(C)(=O)=O)CC2)nc1N. The second-order valence-electron chi connectivity index (χ2n) is 7.86. The van der Waals surface area contributed by atoms with Gasteiger partial charge in [0.05, 0.1) is 36.6 Å². The van der Waals surface area contributed by atoms with Crippen molar-refractivity contribution in [2.75, 3.05) is 30.4 Å². The molecule has 4 N–H and O–H groups in total. The number of carbonyl (C=O) groups is 1. The van der Waals surface area contributed by atoms with Gasteiger partial charge in [-0.1, -0.05) is 0 Å². The van der Waals surface area contributed by atoms with Crippen LogP contribution in [0.15, 0.2) is 24.4 Å². The Morgan fingerprint density at radius 2 is 1.97 bits per heavy atom. The molecular formula is C20H27FN5O4S+. The largest absolute Gasteiger partial charge is 0.490 e. The van der Waals surface area contributed by atoms with Crippen molar-refractivity contribution in [2.24, 2.45) is 0 Å². The molecule has 0 amide bonds. The van der Waals surface area contributed by atoms with Crippen LogP contribution in [-0.2, 0) is 10.0 Å². The summed E-state index contributed by atoms with van der Waals surface area (Å²) in [5, 5.41) is 3.14. The molecule has 9 nitrogen and oxygen atoms in total. The van der Waals surface area contributed by atoms with E-state index in [9.17, 15) is 17.6 Å². The molecule has 0 saturated carbocycles. The number of nitrogens with zero attached hydrogens (tertiary/aromatic N) is 2. The number of aromatic nitrogens is 2. The van der Waals surface area contributed by atoms with E-state index in [1.165, 1.54) is 24.6 Å². The zero-order valence-electron chi connectivity index (χ0n) is 17.7. The van der Waals surface area contributed by atoms with Crippen LogP contribution >= 0.6 is 0 Å². The topological polar surface area (TPSA) is 129 Å². The van der Waals surface area contributed by atoms with E-state index >= 15 is 0 Å². The molecule has 0 bridgehead atoms. The maximum atomic E-state index is 13.8. The summed E-state index contributed by atoms with van der Waals surface area (Å²) in [7, 11) is -3.12. The zero-order chi connectivity index (χ0) is 22.8. The lowest BCUT2D eigenvalue weighted by Crippen LogP contribution is -3.14. The van der Waals surface area contributed by atoms with E-state index in [2.05, 4.69) is 15.3 Å². The van der Waals surface area contributed by atoms with Gasteiger partial charge in [-0.05, 0) is 32.0 Å². The van der Waals surface area contributed by atoms with Crippen LogP contribution in [0.2, 0.25) is 0 Å². The van der Waals surface area contributed by atoms with E-state index in [0.29, 0.717) is 30.2 Å². The summed E-state index contributed by atoms with van der Waals surface area (Å²) in [5.74, 6) is -0.645. The van der Waals surface area contributed by atoms with Gasteiger partial charge in [0, 0.05) is 25.1 Å². The lowest BCUT2D eigenvalue weighted by molar-refractivity contribution is -0.773. The molecule has 0 aliphatic carbocycles. The predicted octanol–water partition coefficient (Wildman–Crippen LogP) is 0.635. The Morgan fingerprint density at radius 1 is 1.29 bits per heavy atom. The lowest BCUT2D eigenvalue weighted by Gasteiger charge is -2.28. The first-order valence-electron chi connectivity index (χ1n) is 9.99. The Bertz CT molecular complexity index is 1070. The van der Waals surface area contributed by atoms with Crippen LogP contribution in [0.1, 0.15) is 42.6 Å². The number of quaternary nitrogens is 1. The van der Waals surface area contributed by atoms with Crippen LogP contribution in [0.4, 0.5) is 16.2 Å². The molecular weight excluding hydrogens is 425 g/mol. The molecule has 3 rings (SSSR count). The number of hydrogen-bond donors (Lipinski definition) is 3. The standard InChI is InChI=1S/C20H26FN5O4S/c1-12(2)30-17-5-4-13(21)10-15(17)18(27)16-11-23-20(25-19(16)22)24-14-6-8-26(9-7-14)31(3,28)29/h4-5,10-12,14H,6-9H2,1-3H3,(H3,22,23,24,25)/p+1. The fourth-order valence-corrected chi connectivity index (χ4v) is 4.44. The Kier molecular flexibility index (Phi) is 6.75. The fraction of sp³-hybridized carbons (Fsp3) is 0.450. The van der Waals surface area contributed by atoms with Crippen LogP contribution in [0.25, 0.3) is 0 Å². The molecule has 1 saturated heterocycles. The van der Waals surface area contributed by atoms with Crippen LogP contribution in [0, 0.1) is 5.82 Å². The molecule has 0 unspecified atom stereocenters. The van der Waals surface area contributed by atoms with Gasteiger partial charge in [0.1, 0.15) is 17.4 Å². The molecule has 168 valence electrons. The number of nitrogens with two attached hydrogens (primary N) is 1. The molecule has 0 atom stereocenters. The third-order valence-corrected chi connectivity index (χ3v) is 6.47. The molecule has 31 heavy (non-hydrogen) atoms. The van der Waals surface area contributed by atoms with Gasteiger partial charge < -0.3 is 15.8 Å². The molecule has 2 aromatic rings. The van der Waals surface area contributed by atoms with Crippen molar-refractivity contribution in [1.29, 1.82) is 0 Å². The average molecular weight is 453 g/mol. The molecule has 1 aliphatic heterocycles. The second-order valence-corrected chi connectivity index (χ2v) is 9.98. The van der Waals surface area contributed by atoms with Crippen molar-refractivity contribution in [1.82, 2.24) is 9.97 Å². The Hall–Kier alpha value is -2.79. The summed E-state index contributed by atoms with van der Waals surface area (Å²) in [4.78, 5) is 21.3. The zero-order valence-corrected chi connectivity index (χ0v) is 18.5. The number of piperidine rings is 1. The van der Waals surface area contributed by atoms with Crippen LogP contribution in [0.5, 0.6) is 5.75 Å². The molecule has 0 spiro atoms. The summed E-state index contributed by atoms with van der Waals surface area (Å²) in [6, 6.07) is 3.72. The Balaban J connectivity index is 1.74. The maximum Gasteiger partial charge on any atom is 0.292 e. The van der Waals surface area contributed by atoms with Gasteiger partial charge in [-0.2, -0.15) is 13.4 Å². The minimum atomic E-state index is -3.12. The number of benzene rings is 1. The quantitative estimate of drug-likeness (QED) is 0.522. The van der Waals surface area contributed by atoms with Crippen molar-refractivity contribution < 1.29 is 26.6 Å². The number of anilines is 2. The van der Waals surface area contributed by atoms with Crippen LogP contribution in [-0.4, -0.2) is 55.7 Å². The number of hydrogen-bond acceptors (Lipinski definition) is 8. The van der Waals surface area contributed by atoms with Gasteiger partial charge in [0.15, 0.2) is 0 Å². The Morgan fingerprint density at radius 3 is 2.55 bits per heavy atom. The van der Waals surface area contributed by atoms with Gasteiger partial charge in [-0.25, -0.2) is 13.7 Å². The van der Waals surface area contributed by atoms with Crippen LogP contribution in [0.3, 0.4) is 0 Å². The number of sulfonamides is 1. The number of halogens is 1. The lowest BCUT2D eigenvalue weighted by atomic mass is 10.0. The van der Waals surface area contributed by atoms with E-state index in [0.717, 1.165) is 6.07 Å². The van der Waals surface area contributed by atoms with E-state index < -0.39 is 21.6 Å². The minimum absolute atomic E-state index is 0.000662. The molecule has 2 heterocycles. The van der Waals surface area contributed by atoms with Gasteiger partial charge >= 0.3 is 0 Å². The highest BCUT2D eigenvalue weighted by molar-refractivity contribution is 7.84. The molecule has 1 aliphatic rings. The van der Waals surface area contributed by atoms with E-state index in [1.54, 1.807) is 13.8 Å². The first kappa shape index (κ1) is 22.9. The highest BCUT2D eigenvalue weighted by Crippen LogP contribution is 2.26. The van der Waals surface area contributed by atoms with Gasteiger partial charge in [0.2, 0.25) is 11.7 Å². The van der Waals surface area contributed by atoms with Gasteiger partial charge in [-0.3, -0.25) is 4.79 Å². The summed E-state index contributed by atoms with van der Waals surface area (Å²) < 4.78 is 43.2. The molecule has 1 aromatic carbocycles. The van der Waals surface area contributed by atoms with Crippen LogP contribution < -0.4 is 20.1 Å². The molecule has 1 aromatic heterocycles. The number of rotatable bonds is 7. The average Bonchev–Trinajstić information content (AvgIpc) is 2.68. The summed E-state index contributed by atoms with van der Waals surface area (Å²) in [6.45, 7) is 4.58. The number of ether oxygens (including phenoxy) is 1. The van der Waals surface area contributed by atoms with Crippen molar-refractivity contribution in [3.05, 3.63) is 41.3 Å². The number of nitrogen functional groups attached to an aromatic ring is 1. The molecule has 0 radical (unpaired) electrons. The van der Waals surface area contributed by atoms with Crippen molar-refractivity contribution >= 4 is 27.6 Å². The summed E-state index contributed by atoms with van der Waals surface area (Å²) >= 11 is 0. The minimum Gasteiger partial charge on any atom is -0.490 e. The maximum absolute atomic E-state index is 13.8. The third-order valence-electron chi connectivity index (χ3n) is 5.01. The van der Waals surface area contributed by atoms with Crippen molar-refractivity contribution in [2.45, 2.75) is 38.8 Å². The van der Waals surface area contributed by atoms with E-state index in [-0.39, 0.29) is 40.8 Å². The number of nitrogens with one attached hydrogen (secondary N) is 2. The monoisotopic (exact) mass is 452 g/mol. The van der Waals surface area contributed by atoms with E-state index in [1.807, 2.05) is 0 Å². The highest BCUT2D eigenvalue weighted by atomic mass is 32.2.